The van der Waals surface area contributed by atoms with Crippen LogP contribution < -0.4 is 16.8 Å². The van der Waals surface area contributed by atoms with Crippen LogP contribution in [0.5, 0.6) is 0 Å². The van der Waals surface area contributed by atoms with E-state index in [2.05, 4.69) is 10.3 Å². The molecule has 24 heavy (non-hydrogen) atoms. The molecule has 0 fully saturated rings. The summed E-state index contributed by atoms with van der Waals surface area (Å²) in [6.07, 6.45) is 0.789. The number of aryl methyl sites for hydroxylation is 1. The number of primary amides is 1. The molecule has 0 bridgehead atoms. The smallest absolute Gasteiger partial charge is 0.267 e. The van der Waals surface area contributed by atoms with E-state index in [-0.39, 0.29) is 30.4 Å². The zero-order valence-electron chi connectivity index (χ0n) is 12.7. The van der Waals surface area contributed by atoms with E-state index in [9.17, 15) is 9.59 Å². The van der Waals surface area contributed by atoms with Crippen LogP contribution in [0.15, 0.2) is 30.3 Å². The molecular weight excluding hydrogens is 351 g/mol. The largest absolute Gasteiger partial charge is 0.384 e. The van der Waals surface area contributed by atoms with Gasteiger partial charge in [-0.25, -0.2) is 4.98 Å². The van der Waals surface area contributed by atoms with Crippen LogP contribution in [0.4, 0.5) is 5.82 Å². The van der Waals surface area contributed by atoms with Crippen LogP contribution in [0, 0.1) is 0 Å². The van der Waals surface area contributed by atoms with Crippen molar-refractivity contribution in [2.24, 2.45) is 5.73 Å². The third-order valence-electron chi connectivity index (χ3n) is 3.33. The van der Waals surface area contributed by atoms with E-state index >= 15 is 0 Å². The van der Waals surface area contributed by atoms with Crippen molar-refractivity contribution in [2.45, 2.75) is 19.4 Å². The molecule has 2 rings (SSSR count). The van der Waals surface area contributed by atoms with E-state index in [4.69, 9.17) is 34.7 Å². The van der Waals surface area contributed by atoms with Crippen LogP contribution in [0.2, 0.25) is 10.0 Å². The molecule has 6 nitrogen and oxygen atoms in total. The summed E-state index contributed by atoms with van der Waals surface area (Å²) in [6.45, 7) is 0.145. The van der Waals surface area contributed by atoms with Gasteiger partial charge in [0.1, 0.15) is 11.5 Å². The van der Waals surface area contributed by atoms with Crippen molar-refractivity contribution in [3.05, 3.63) is 57.2 Å². The molecule has 0 aliphatic heterocycles. The number of anilines is 1. The maximum Gasteiger partial charge on any atom is 0.267 e. The van der Waals surface area contributed by atoms with E-state index in [0.29, 0.717) is 22.0 Å². The van der Waals surface area contributed by atoms with E-state index in [1.165, 1.54) is 0 Å². The van der Waals surface area contributed by atoms with Gasteiger partial charge in [-0.15, -0.1) is 0 Å². The van der Waals surface area contributed by atoms with Crippen LogP contribution in [0.3, 0.4) is 0 Å². The highest BCUT2D eigenvalue weighted by Crippen LogP contribution is 2.23. The highest BCUT2D eigenvalue weighted by Gasteiger charge is 2.12. The van der Waals surface area contributed by atoms with Crippen LogP contribution >= 0.6 is 23.2 Å². The molecule has 2 amide bonds. The first-order valence-electron chi connectivity index (χ1n) is 7.12. The molecule has 0 atom stereocenters. The SMILES string of the molecule is NC(=O)c1nc(N)ccc1CNC(=O)CCc1ccc(Cl)c(Cl)c1. The number of hydrogen-bond acceptors (Lipinski definition) is 4. The molecule has 0 radical (unpaired) electrons. The number of nitrogens with one attached hydrogen (secondary N) is 1. The van der Waals surface area contributed by atoms with E-state index < -0.39 is 5.91 Å². The Balaban J connectivity index is 1.91. The summed E-state index contributed by atoms with van der Waals surface area (Å²) in [5.74, 6) is -0.672. The van der Waals surface area contributed by atoms with E-state index in [1.54, 1.807) is 24.3 Å². The van der Waals surface area contributed by atoms with Crippen molar-refractivity contribution in [3.63, 3.8) is 0 Å². The Bertz CT molecular complexity index is 781. The number of nitrogen functional groups attached to an aromatic ring is 1. The maximum atomic E-state index is 12.0. The number of halogens is 2. The Morgan fingerprint density at radius 1 is 1.12 bits per heavy atom. The van der Waals surface area contributed by atoms with Gasteiger partial charge in [-0.05, 0) is 30.2 Å². The van der Waals surface area contributed by atoms with Gasteiger partial charge in [0.2, 0.25) is 5.91 Å². The summed E-state index contributed by atoms with van der Waals surface area (Å²) in [7, 11) is 0. The molecule has 0 aliphatic carbocycles. The van der Waals surface area contributed by atoms with Crippen molar-refractivity contribution in [1.29, 1.82) is 0 Å². The third-order valence-corrected chi connectivity index (χ3v) is 4.07. The predicted octanol–water partition coefficient (Wildman–Crippen LogP) is 2.32. The first-order chi connectivity index (χ1) is 11.4. The fourth-order valence-corrected chi connectivity index (χ4v) is 2.41. The van der Waals surface area contributed by atoms with Gasteiger partial charge in [0.05, 0.1) is 10.0 Å². The normalized spacial score (nSPS) is 10.4. The zero-order valence-corrected chi connectivity index (χ0v) is 14.2. The lowest BCUT2D eigenvalue weighted by atomic mass is 10.1. The summed E-state index contributed by atoms with van der Waals surface area (Å²) in [5.41, 5.74) is 12.3. The second kappa shape index (κ2) is 7.99. The fourth-order valence-electron chi connectivity index (χ4n) is 2.09. The number of carbonyl (C=O) groups excluding carboxylic acids is 2. The van der Waals surface area contributed by atoms with Crippen molar-refractivity contribution in [3.8, 4) is 0 Å². The topological polar surface area (TPSA) is 111 Å². The predicted molar refractivity (Wildman–Crippen MR) is 93.8 cm³/mol. The monoisotopic (exact) mass is 366 g/mol. The first-order valence-corrected chi connectivity index (χ1v) is 7.88. The molecule has 8 heteroatoms. The van der Waals surface area contributed by atoms with Crippen molar-refractivity contribution in [1.82, 2.24) is 10.3 Å². The quantitative estimate of drug-likeness (QED) is 0.727. The molecule has 0 unspecified atom stereocenters. The molecule has 0 saturated carbocycles. The highest BCUT2D eigenvalue weighted by atomic mass is 35.5. The van der Waals surface area contributed by atoms with Crippen molar-refractivity contribution in [2.75, 3.05) is 5.73 Å². The van der Waals surface area contributed by atoms with Gasteiger partial charge in [0.25, 0.3) is 5.91 Å². The summed E-state index contributed by atoms with van der Waals surface area (Å²) in [5, 5.41) is 3.65. The zero-order chi connectivity index (χ0) is 17.7. The number of carbonyl (C=O) groups is 2. The van der Waals surface area contributed by atoms with Gasteiger partial charge < -0.3 is 16.8 Å². The Labute approximate surface area is 149 Å². The van der Waals surface area contributed by atoms with Crippen molar-refractivity contribution < 1.29 is 9.59 Å². The number of aromatic nitrogens is 1. The summed E-state index contributed by atoms with van der Waals surface area (Å²) in [4.78, 5) is 27.2. The average Bonchev–Trinajstić information content (AvgIpc) is 2.54. The maximum absolute atomic E-state index is 12.0. The molecule has 0 saturated heterocycles. The Morgan fingerprint density at radius 3 is 2.54 bits per heavy atom. The second-order valence-corrected chi connectivity index (χ2v) is 5.95. The molecule has 0 spiro atoms. The highest BCUT2D eigenvalue weighted by molar-refractivity contribution is 6.42. The summed E-state index contributed by atoms with van der Waals surface area (Å²) >= 11 is 11.8. The minimum absolute atomic E-state index is 0.0554. The van der Waals surface area contributed by atoms with E-state index in [1.807, 2.05) is 6.07 Å². The average molecular weight is 367 g/mol. The first kappa shape index (κ1) is 18.0. The number of nitrogens with zero attached hydrogens (tertiary/aromatic N) is 1. The lowest BCUT2D eigenvalue weighted by molar-refractivity contribution is -0.121. The standard InChI is InChI=1S/C16H16Cl2N4O2/c17-11-4-1-9(7-12(11)18)2-6-14(23)21-8-10-3-5-13(19)22-15(10)16(20)24/h1,3-5,7H,2,6,8H2,(H2,19,22)(H2,20,24)(H,21,23). The van der Waals surface area contributed by atoms with Gasteiger partial charge in [-0.1, -0.05) is 35.3 Å². The van der Waals surface area contributed by atoms with E-state index in [0.717, 1.165) is 5.56 Å². The molecular formula is C16H16Cl2N4O2. The number of nitrogens with two attached hydrogens (primary N) is 2. The number of amides is 2. The second-order valence-electron chi connectivity index (χ2n) is 5.13. The summed E-state index contributed by atoms with van der Waals surface area (Å²) in [6, 6.07) is 8.39. The fraction of sp³-hybridized carbons (Fsp3) is 0.188. The molecule has 1 aromatic heterocycles. The number of benzene rings is 1. The van der Waals surface area contributed by atoms with Crippen LogP contribution in [0.25, 0.3) is 0 Å². The molecule has 2 aromatic rings. The number of hydrogen-bond donors (Lipinski definition) is 3. The van der Waals surface area contributed by atoms with Crippen molar-refractivity contribution >= 4 is 40.8 Å². The van der Waals surface area contributed by atoms with Gasteiger partial charge in [0.15, 0.2) is 0 Å². The molecule has 5 N–H and O–H groups in total. The van der Waals surface area contributed by atoms with Crippen LogP contribution in [0.1, 0.15) is 28.0 Å². The van der Waals surface area contributed by atoms with Gasteiger partial charge >= 0.3 is 0 Å². The molecule has 1 aromatic carbocycles. The lowest BCUT2D eigenvalue weighted by Crippen LogP contribution is -2.26. The summed E-state index contributed by atoms with van der Waals surface area (Å²) < 4.78 is 0. The minimum atomic E-state index is -0.692. The van der Waals surface area contributed by atoms with Crippen LogP contribution in [-0.4, -0.2) is 16.8 Å². The number of pyridine rings is 1. The third kappa shape index (κ3) is 4.84. The van der Waals surface area contributed by atoms with Gasteiger partial charge in [-0.3, -0.25) is 9.59 Å². The molecule has 0 aliphatic rings. The Kier molecular flexibility index (Phi) is 6.00. The lowest BCUT2D eigenvalue weighted by Gasteiger charge is -2.09. The Hall–Kier alpha value is -2.31. The number of rotatable bonds is 6. The minimum Gasteiger partial charge on any atom is -0.384 e. The Morgan fingerprint density at radius 2 is 1.88 bits per heavy atom. The molecule has 1 heterocycles. The van der Waals surface area contributed by atoms with Gasteiger partial charge in [0, 0.05) is 18.5 Å². The molecule has 126 valence electrons. The van der Waals surface area contributed by atoms with Gasteiger partial charge in [-0.2, -0.15) is 0 Å². The van der Waals surface area contributed by atoms with Crippen LogP contribution in [-0.2, 0) is 17.8 Å².